The van der Waals surface area contributed by atoms with E-state index in [0.717, 1.165) is 0 Å². The van der Waals surface area contributed by atoms with Gasteiger partial charge < -0.3 is 72.5 Å². The Balaban J connectivity index is 1.58. The number of carboxylic acids is 8. The van der Waals surface area contributed by atoms with E-state index in [-0.39, 0.29) is 134 Å². The second-order valence-electron chi connectivity index (χ2n) is 24.6. The van der Waals surface area contributed by atoms with Crippen molar-refractivity contribution in [1.82, 2.24) is 46.2 Å². The number of nitrogens with zero attached hydrogens (tertiary/aromatic N) is 4. The maximum absolute atomic E-state index is 14.6. The fourth-order valence-corrected chi connectivity index (χ4v) is 11.2. The Morgan fingerprint density at radius 1 is 0.439 bits per heavy atom. The number of carbonyl (C=O) groups excluding carboxylic acids is 6. The zero-order chi connectivity index (χ0) is 72.7. The molecule has 5 amide bonds. The number of phenolic OH excluding ortho intramolecular Hbond substituents is 1. The van der Waals surface area contributed by atoms with Crippen LogP contribution in [0.1, 0.15) is 139 Å². The zero-order valence-electron chi connectivity index (χ0n) is 55.4. The molecule has 0 saturated carbocycles. The summed E-state index contributed by atoms with van der Waals surface area (Å²) in [5.41, 5.74) is 1.55. The van der Waals surface area contributed by atoms with Crippen molar-refractivity contribution in [2.75, 3.05) is 78.5 Å². The van der Waals surface area contributed by atoms with E-state index in [0.29, 0.717) is 74.5 Å². The van der Waals surface area contributed by atoms with Gasteiger partial charge in [-0.2, -0.15) is 0 Å². The SMILES string of the molecule is Cc1cc(CC(NC(=O)CCC(C(=O)O)N2CCN(CC(=O)O)CCN(CC(=O)O)CCN(CC(=O)O)CC2)C(=O)NC(Cc2ccccc2)C(=O)CC(CCCCCC(=O)CCCCCCC(=O)NCCCCC(NC(=O)NC(CCC(=O)O)C(=O)O)C(=O)O)C(=O)O)ccc1O. The van der Waals surface area contributed by atoms with E-state index < -0.39 is 146 Å². The number of aliphatic carboxylic acids is 8. The minimum atomic E-state index is -1.54. The average Bonchev–Trinajstić information content (AvgIpc) is 0.861. The Labute approximate surface area is 567 Å². The molecule has 0 spiro atoms. The molecule has 544 valence electrons. The number of urea groups is 1. The summed E-state index contributed by atoms with van der Waals surface area (Å²) in [7, 11) is 0. The minimum absolute atomic E-state index is 0.00301. The number of amides is 5. The summed E-state index contributed by atoms with van der Waals surface area (Å²) in [6, 6.07) is 5.08. The topological polar surface area (TPSA) is 494 Å². The van der Waals surface area contributed by atoms with Crippen molar-refractivity contribution in [3.63, 3.8) is 0 Å². The summed E-state index contributed by atoms with van der Waals surface area (Å²) in [6.07, 6.45) is 2.91. The number of nitrogens with one attached hydrogen (secondary N) is 5. The van der Waals surface area contributed by atoms with Crippen LogP contribution in [-0.4, -0.2) is 257 Å². The highest BCUT2D eigenvalue weighted by molar-refractivity contribution is 5.94. The van der Waals surface area contributed by atoms with Crippen LogP contribution in [0.3, 0.4) is 0 Å². The van der Waals surface area contributed by atoms with Crippen molar-refractivity contribution in [2.24, 2.45) is 5.92 Å². The van der Waals surface area contributed by atoms with Crippen LogP contribution in [0.2, 0.25) is 0 Å². The summed E-state index contributed by atoms with van der Waals surface area (Å²) in [4.78, 5) is 181. The van der Waals surface area contributed by atoms with Gasteiger partial charge in [-0.15, -0.1) is 0 Å². The van der Waals surface area contributed by atoms with E-state index in [2.05, 4.69) is 26.6 Å². The van der Waals surface area contributed by atoms with E-state index in [1.165, 1.54) is 26.8 Å². The van der Waals surface area contributed by atoms with Crippen molar-refractivity contribution >= 4 is 83.1 Å². The first-order chi connectivity index (χ1) is 46.5. The van der Waals surface area contributed by atoms with Gasteiger partial charge in [-0.3, -0.25) is 72.3 Å². The van der Waals surface area contributed by atoms with Gasteiger partial charge in [0.2, 0.25) is 17.7 Å². The molecule has 1 fully saturated rings. The number of aromatic hydroxyl groups is 1. The quantitative estimate of drug-likeness (QED) is 0.0422. The molecule has 32 nitrogen and oxygen atoms in total. The van der Waals surface area contributed by atoms with Crippen molar-refractivity contribution in [3.05, 3.63) is 65.2 Å². The van der Waals surface area contributed by atoms with Gasteiger partial charge in [-0.25, -0.2) is 14.4 Å². The normalized spacial score (nSPS) is 15.4. The number of benzene rings is 2. The second-order valence-corrected chi connectivity index (χ2v) is 24.6. The van der Waals surface area contributed by atoms with Gasteiger partial charge in [-0.05, 0) is 93.9 Å². The highest BCUT2D eigenvalue weighted by atomic mass is 16.4. The number of rotatable bonds is 47. The molecule has 98 heavy (non-hydrogen) atoms. The molecule has 14 N–H and O–H groups in total. The lowest BCUT2D eigenvalue weighted by Gasteiger charge is -2.35. The van der Waals surface area contributed by atoms with Crippen LogP contribution in [0.25, 0.3) is 0 Å². The van der Waals surface area contributed by atoms with Gasteiger partial charge in [0.1, 0.15) is 35.7 Å². The third kappa shape index (κ3) is 35.2. The van der Waals surface area contributed by atoms with Crippen molar-refractivity contribution in [1.29, 1.82) is 0 Å². The van der Waals surface area contributed by atoms with Crippen LogP contribution in [0, 0.1) is 12.8 Å². The van der Waals surface area contributed by atoms with Gasteiger partial charge >= 0.3 is 53.8 Å². The van der Waals surface area contributed by atoms with Gasteiger partial charge in [0.25, 0.3) is 0 Å². The van der Waals surface area contributed by atoms with Crippen LogP contribution in [-0.2, 0) is 75.2 Å². The lowest BCUT2D eigenvalue weighted by Crippen LogP contribution is -2.54. The number of carbonyl (C=O) groups is 14. The molecule has 1 aliphatic heterocycles. The molecule has 2 aromatic carbocycles. The smallest absolute Gasteiger partial charge is 0.326 e. The second kappa shape index (κ2) is 45.4. The van der Waals surface area contributed by atoms with Crippen molar-refractivity contribution < 1.29 is 113 Å². The van der Waals surface area contributed by atoms with Crippen molar-refractivity contribution in [3.8, 4) is 5.75 Å². The Kier molecular flexibility index (Phi) is 38.5. The number of ketones is 2. The fourth-order valence-electron chi connectivity index (χ4n) is 11.2. The van der Waals surface area contributed by atoms with E-state index >= 15 is 0 Å². The number of phenols is 1. The summed E-state index contributed by atoms with van der Waals surface area (Å²) in [6.45, 7) is 0.839. The molecule has 1 saturated heterocycles. The number of aryl methyl sites for hydroxylation is 1. The zero-order valence-corrected chi connectivity index (χ0v) is 55.4. The van der Waals surface area contributed by atoms with Gasteiger partial charge in [-0.1, -0.05) is 68.1 Å². The lowest BCUT2D eigenvalue weighted by molar-refractivity contribution is -0.145. The predicted octanol–water partition coefficient (Wildman–Crippen LogP) is 2.04. The standard InChI is InChI=1S/C66H97N9O23/c1-43-36-45(21-24-53(43)77)38-51(68-56(80)25-23-52(65(96)97)75-34-32-73(41-59(85)86)30-28-72(40-58(83)84)29-31-74(33-35-75)42-60(87)88)61(89)69-50(37-44-14-6-4-7-15-44)54(78)39-46(62(90)91)16-8-5-10-18-47(76)17-9-2-3-11-20-55(79)67-27-13-12-19-48(63(92)93)70-66(98)71-49(64(94)95)22-26-57(81)82/h4,6-7,14-15,21,24,36,46,48-52,77H,2-3,5,8-13,16-20,22-23,25-35,37-42H2,1H3,(H,67,79)(H,68,80)(H,69,89)(H,81,82)(H,83,84)(H,85,86)(H,87,88)(H,90,91)(H,92,93)(H,94,95)(H,96,97)(H2,70,71,98). The Morgan fingerprint density at radius 3 is 1.46 bits per heavy atom. The summed E-state index contributed by atoms with van der Waals surface area (Å²) in [5.74, 6) is -13.8. The molecule has 0 radical (unpaired) electrons. The van der Waals surface area contributed by atoms with Crippen LogP contribution in [0.5, 0.6) is 5.75 Å². The van der Waals surface area contributed by atoms with Gasteiger partial charge in [0, 0.05) is 104 Å². The van der Waals surface area contributed by atoms with E-state index in [1.807, 2.05) is 0 Å². The van der Waals surface area contributed by atoms with Crippen molar-refractivity contribution in [2.45, 2.75) is 172 Å². The number of unbranched alkanes of at least 4 members (excludes halogenated alkanes) is 6. The molecule has 1 aliphatic rings. The largest absolute Gasteiger partial charge is 0.508 e. The number of Topliss-reactive ketones (excluding diaryl/α,β-unsaturated/α-hetero) is 2. The molecule has 0 bridgehead atoms. The molecule has 0 aromatic heterocycles. The lowest BCUT2D eigenvalue weighted by atomic mass is 9.90. The van der Waals surface area contributed by atoms with Crippen LogP contribution >= 0.6 is 0 Å². The monoisotopic (exact) mass is 1380 g/mol. The van der Waals surface area contributed by atoms with Gasteiger partial charge in [0.05, 0.1) is 31.6 Å². The van der Waals surface area contributed by atoms with Crippen LogP contribution in [0.15, 0.2) is 48.5 Å². The number of hydrogen-bond donors (Lipinski definition) is 14. The molecular formula is C66H97N9O23. The van der Waals surface area contributed by atoms with Crippen LogP contribution < -0.4 is 26.6 Å². The van der Waals surface area contributed by atoms with Crippen LogP contribution in [0.4, 0.5) is 4.79 Å². The molecule has 6 unspecified atom stereocenters. The third-order valence-corrected chi connectivity index (χ3v) is 16.7. The van der Waals surface area contributed by atoms with E-state index in [1.54, 1.807) is 48.2 Å². The number of hydrogen-bond acceptors (Lipinski definition) is 19. The highest BCUT2D eigenvalue weighted by Gasteiger charge is 2.33. The molecule has 3 rings (SSSR count). The van der Waals surface area contributed by atoms with Gasteiger partial charge in [0.15, 0.2) is 5.78 Å². The molecule has 1 heterocycles. The maximum atomic E-state index is 14.6. The minimum Gasteiger partial charge on any atom is -0.508 e. The first-order valence-electron chi connectivity index (χ1n) is 33.0. The number of carboxylic acid groups (broad SMARTS) is 8. The Morgan fingerprint density at radius 2 is 0.949 bits per heavy atom. The molecule has 6 atom stereocenters. The average molecular weight is 1380 g/mol. The first-order valence-corrected chi connectivity index (χ1v) is 33.0. The highest BCUT2D eigenvalue weighted by Crippen LogP contribution is 2.22. The first kappa shape index (κ1) is 83.1. The molecular weight excluding hydrogens is 1290 g/mol. The van der Waals surface area contributed by atoms with E-state index in [4.69, 9.17) is 5.11 Å². The molecule has 32 heteroatoms. The Bertz CT molecular complexity index is 2960. The fraction of sp³-hybridized carbons (Fsp3) is 0.606. The predicted molar refractivity (Wildman–Crippen MR) is 350 cm³/mol. The maximum Gasteiger partial charge on any atom is 0.326 e. The summed E-state index contributed by atoms with van der Waals surface area (Å²) >= 11 is 0. The molecule has 0 aliphatic carbocycles. The Hall–Kier alpha value is -9.14. The molecule has 2 aromatic rings. The summed E-state index contributed by atoms with van der Waals surface area (Å²) < 4.78 is 0. The third-order valence-electron chi connectivity index (χ3n) is 16.7. The summed E-state index contributed by atoms with van der Waals surface area (Å²) in [5, 5.41) is 100. The van der Waals surface area contributed by atoms with E-state index in [9.17, 15) is 108 Å².